The summed E-state index contributed by atoms with van der Waals surface area (Å²) in [5.41, 5.74) is 7.67. The molecule has 3 rings (SSSR count). The zero-order valence-electron chi connectivity index (χ0n) is 11.6. The molecule has 1 saturated heterocycles. The normalized spacial score (nSPS) is 15.8. The van der Waals surface area contributed by atoms with Crippen LogP contribution >= 0.6 is 0 Å². The molecular formula is C17H20N2O. The smallest absolute Gasteiger partial charge is 0.221 e. The number of carbonyl (C=O) groups is 1. The van der Waals surface area contributed by atoms with E-state index in [0.29, 0.717) is 6.42 Å². The molecule has 0 saturated carbocycles. The molecule has 3 nitrogen and oxygen atoms in total. The molecule has 0 radical (unpaired) electrons. The number of rotatable bonds is 4. The zero-order chi connectivity index (χ0) is 13.9. The minimum atomic E-state index is -0.279. The second-order valence-electron chi connectivity index (χ2n) is 5.60. The molecule has 1 aliphatic rings. The standard InChI is InChI=1S/C17H20N2O/c18-17(20)11-15-5-3-4-14-10-13(6-7-16(14)15)12-19-8-1-2-9-19/h3-7,10H,1-2,8-9,11-12H2,(H2,18,20). The van der Waals surface area contributed by atoms with Crippen molar-refractivity contribution in [1.29, 1.82) is 0 Å². The number of likely N-dealkylation sites (tertiary alicyclic amines) is 1. The van der Waals surface area contributed by atoms with Crippen LogP contribution in [0.2, 0.25) is 0 Å². The summed E-state index contributed by atoms with van der Waals surface area (Å²) in [4.78, 5) is 13.6. The summed E-state index contributed by atoms with van der Waals surface area (Å²) in [6, 6.07) is 12.6. The molecule has 1 fully saturated rings. The maximum absolute atomic E-state index is 11.1. The van der Waals surface area contributed by atoms with E-state index < -0.39 is 0 Å². The molecule has 2 aromatic carbocycles. The lowest BCUT2D eigenvalue weighted by atomic mass is 10.00. The molecule has 0 aliphatic carbocycles. The van der Waals surface area contributed by atoms with Crippen molar-refractivity contribution in [2.75, 3.05) is 13.1 Å². The molecule has 0 unspecified atom stereocenters. The van der Waals surface area contributed by atoms with Gasteiger partial charge in [-0.25, -0.2) is 0 Å². The molecule has 1 amide bonds. The van der Waals surface area contributed by atoms with Gasteiger partial charge in [0.05, 0.1) is 6.42 Å². The van der Waals surface area contributed by atoms with Crippen LogP contribution in [0.4, 0.5) is 0 Å². The van der Waals surface area contributed by atoms with Gasteiger partial charge in [0.1, 0.15) is 0 Å². The quantitative estimate of drug-likeness (QED) is 0.926. The van der Waals surface area contributed by atoms with Crippen LogP contribution < -0.4 is 5.73 Å². The van der Waals surface area contributed by atoms with Crippen molar-refractivity contribution in [3.05, 3.63) is 47.5 Å². The number of hydrogen-bond donors (Lipinski definition) is 1. The number of nitrogens with zero attached hydrogens (tertiary/aromatic N) is 1. The van der Waals surface area contributed by atoms with Crippen LogP contribution in [0.3, 0.4) is 0 Å². The molecule has 0 bridgehead atoms. The van der Waals surface area contributed by atoms with Crippen LogP contribution in [-0.2, 0) is 17.8 Å². The van der Waals surface area contributed by atoms with Gasteiger partial charge in [0.2, 0.25) is 5.91 Å². The fourth-order valence-corrected chi connectivity index (χ4v) is 3.04. The zero-order valence-corrected chi connectivity index (χ0v) is 11.6. The molecule has 0 aromatic heterocycles. The third-order valence-corrected chi connectivity index (χ3v) is 4.00. The summed E-state index contributed by atoms with van der Waals surface area (Å²) < 4.78 is 0. The first kappa shape index (κ1) is 13.1. The van der Waals surface area contributed by atoms with E-state index in [9.17, 15) is 4.79 Å². The molecule has 1 aliphatic heterocycles. The van der Waals surface area contributed by atoms with Gasteiger partial charge >= 0.3 is 0 Å². The van der Waals surface area contributed by atoms with Gasteiger partial charge in [0, 0.05) is 6.54 Å². The molecule has 104 valence electrons. The number of hydrogen-bond acceptors (Lipinski definition) is 2. The van der Waals surface area contributed by atoms with Crippen LogP contribution in [0.25, 0.3) is 10.8 Å². The summed E-state index contributed by atoms with van der Waals surface area (Å²) in [6.45, 7) is 3.44. The lowest BCUT2D eigenvalue weighted by Gasteiger charge is -2.15. The highest BCUT2D eigenvalue weighted by atomic mass is 16.1. The van der Waals surface area contributed by atoms with Crippen molar-refractivity contribution >= 4 is 16.7 Å². The van der Waals surface area contributed by atoms with E-state index in [0.717, 1.165) is 17.5 Å². The maximum atomic E-state index is 11.1. The Morgan fingerprint density at radius 3 is 2.70 bits per heavy atom. The summed E-state index contributed by atoms with van der Waals surface area (Å²) >= 11 is 0. The Hall–Kier alpha value is -1.87. The Kier molecular flexibility index (Phi) is 3.70. The molecule has 0 atom stereocenters. The monoisotopic (exact) mass is 268 g/mol. The van der Waals surface area contributed by atoms with Gasteiger partial charge in [-0.15, -0.1) is 0 Å². The minimum Gasteiger partial charge on any atom is -0.369 e. The Morgan fingerprint density at radius 2 is 1.95 bits per heavy atom. The number of carbonyl (C=O) groups excluding carboxylic acids is 1. The van der Waals surface area contributed by atoms with E-state index >= 15 is 0 Å². The molecule has 1 heterocycles. The van der Waals surface area contributed by atoms with Crippen LogP contribution in [-0.4, -0.2) is 23.9 Å². The van der Waals surface area contributed by atoms with Crippen molar-refractivity contribution in [1.82, 2.24) is 4.90 Å². The minimum absolute atomic E-state index is 0.279. The number of nitrogens with two attached hydrogens (primary N) is 1. The predicted molar refractivity (Wildman–Crippen MR) is 81.4 cm³/mol. The second-order valence-corrected chi connectivity index (χ2v) is 5.60. The highest BCUT2D eigenvalue weighted by Gasteiger charge is 2.12. The van der Waals surface area contributed by atoms with Gasteiger partial charge in [0.15, 0.2) is 0 Å². The molecular weight excluding hydrogens is 248 g/mol. The third kappa shape index (κ3) is 2.83. The Balaban J connectivity index is 1.89. The first-order chi connectivity index (χ1) is 9.72. The number of primary amides is 1. The van der Waals surface area contributed by atoms with Crippen LogP contribution in [0.1, 0.15) is 24.0 Å². The molecule has 2 aromatic rings. The van der Waals surface area contributed by atoms with E-state index in [1.54, 1.807) is 0 Å². The van der Waals surface area contributed by atoms with Crippen molar-refractivity contribution in [3.63, 3.8) is 0 Å². The molecule has 20 heavy (non-hydrogen) atoms. The third-order valence-electron chi connectivity index (χ3n) is 4.00. The van der Waals surface area contributed by atoms with Gasteiger partial charge in [-0.2, -0.15) is 0 Å². The van der Waals surface area contributed by atoms with Crippen molar-refractivity contribution in [3.8, 4) is 0 Å². The number of fused-ring (bicyclic) bond motifs is 1. The highest BCUT2D eigenvalue weighted by molar-refractivity contribution is 5.90. The Morgan fingerprint density at radius 1 is 1.15 bits per heavy atom. The summed E-state index contributed by atoms with van der Waals surface area (Å²) in [6.07, 6.45) is 2.94. The topological polar surface area (TPSA) is 46.3 Å². The lowest BCUT2D eigenvalue weighted by Crippen LogP contribution is -2.18. The van der Waals surface area contributed by atoms with Crippen LogP contribution in [0.15, 0.2) is 36.4 Å². The van der Waals surface area contributed by atoms with Gasteiger partial charge in [-0.05, 0) is 53.9 Å². The predicted octanol–water partition coefficient (Wildman–Crippen LogP) is 2.46. The molecule has 0 spiro atoms. The van der Waals surface area contributed by atoms with E-state index in [2.05, 4.69) is 29.2 Å². The molecule has 3 heteroatoms. The summed E-state index contributed by atoms with van der Waals surface area (Å²) in [5.74, 6) is -0.279. The fraction of sp³-hybridized carbons (Fsp3) is 0.353. The SMILES string of the molecule is NC(=O)Cc1cccc2cc(CN3CCCC3)ccc12. The van der Waals surface area contributed by atoms with E-state index in [1.165, 1.54) is 36.9 Å². The summed E-state index contributed by atoms with van der Waals surface area (Å²) in [5, 5.41) is 2.33. The average molecular weight is 268 g/mol. The first-order valence-corrected chi connectivity index (χ1v) is 7.23. The summed E-state index contributed by atoms with van der Waals surface area (Å²) in [7, 11) is 0. The average Bonchev–Trinajstić information content (AvgIpc) is 2.91. The van der Waals surface area contributed by atoms with Crippen molar-refractivity contribution in [2.45, 2.75) is 25.8 Å². The van der Waals surface area contributed by atoms with Gasteiger partial charge < -0.3 is 5.73 Å². The maximum Gasteiger partial charge on any atom is 0.221 e. The second kappa shape index (κ2) is 5.63. The first-order valence-electron chi connectivity index (χ1n) is 7.23. The van der Waals surface area contributed by atoms with Crippen LogP contribution in [0.5, 0.6) is 0 Å². The Labute approximate surface area is 119 Å². The lowest BCUT2D eigenvalue weighted by molar-refractivity contribution is -0.117. The number of amides is 1. The van der Waals surface area contributed by atoms with Gasteiger partial charge in [-0.3, -0.25) is 9.69 Å². The van der Waals surface area contributed by atoms with Crippen LogP contribution in [0, 0.1) is 0 Å². The van der Waals surface area contributed by atoms with E-state index in [1.807, 2.05) is 12.1 Å². The molecule has 2 N–H and O–H groups in total. The van der Waals surface area contributed by atoms with E-state index in [-0.39, 0.29) is 5.91 Å². The van der Waals surface area contributed by atoms with E-state index in [4.69, 9.17) is 5.73 Å². The van der Waals surface area contributed by atoms with Gasteiger partial charge in [0.25, 0.3) is 0 Å². The van der Waals surface area contributed by atoms with Crippen molar-refractivity contribution in [2.24, 2.45) is 5.73 Å². The Bertz CT molecular complexity index is 630. The van der Waals surface area contributed by atoms with Crippen molar-refractivity contribution < 1.29 is 4.79 Å². The number of benzene rings is 2. The van der Waals surface area contributed by atoms with Gasteiger partial charge in [-0.1, -0.05) is 30.3 Å². The fourth-order valence-electron chi connectivity index (χ4n) is 3.04. The highest BCUT2D eigenvalue weighted by Crippen LogP contribution is 2.22. The largest absolute Gasteiger partial charge is 0.369 e.